The van der Waals surface area contributed by atoms with Gasteiger partial charge >= 0.3 is 0 Å². The van der Waals surface area contributed by atoms with Crippen molar-refractivity contribution >= 4 is 43.2 Å². The van der Waals surface area contributed by atoms with E-state index in [-0.39, 0.29) is 36.8 Å². The summed E-state index contributed by atoms with van der Waals surface area (Å²) < 4.78 is 36.0. The van der Waals surface area contributed by atoms with E-state index in [1.54, 1.807) is 122 Å². The second-order valence-electron chi connectivity index (χ2n) is 16.8. The first-order valence-corrected chi connectivity index (χ1v) is 24.2. The number of carbonyl (C=O) groups excluding carboxylic acids is 3. The number of nitrogens with zero attached hydrogens (tertiary/aromatic N) is 4. The topological polar surface area (TPSA) is 157 Å². The molecule has 0 bridgehead atoms. The van der Waals surface area contributed by atoms with Crippen LogP contribution >= 0.6 is 0 Å². The van der Waals surface area contributed by atoms with Crippen molar-refractivity contribution in [1.29, 1.82) is 0 Å². The Balaban J connectivity index is 1.09. The zero-order chi connectivity index (χ0) is 45.2. The lowest BCUT2D eigenvalue weighted by Crippen LogP contribution is -2.45. The van der Waals surface area contributed by atoms with Crippen molar-refractivity contribution in [3.05, 3.63) is 161 Å². The average molecular weight is 883 g/mol. The smallest absolute Gasteiger partial charge is 0.264 e. The van der Waals surface area contributed by atoms with E-state index in [0.29, 0.717) is 63.9 Å². The molecule has 2 aliphatic heterocycles. The monoisotopic (exact) mass is 882 g/mol. The van der Waals surface area contributed by atoms with Gasteiger partial charge in [0.05, 0.1) is 50.8 Å². The van der Waals surface area contributed by atoms with Gasteiger partial charge in [0.25, 0.3) is 17.7 Å². The number of carbonyl (C=O) groups is 3. The minimum atomic E-state index is -3.53. The first kappa shape index (κ1) is 43.9. The molecule has 1 spiro atoms. The van der Waals surface area contributed by atoms with Crippen LogP contribution < -0.4 is 25.0 Å². The Labute approximate surface area is 372 Å². The fraction of sp³-hybridized carbons (Fsp3) is 0.286. The molecule has 1 saturated heterocycles. The summed E-state index contributed by atoms with van der Waals surface area (Å²) in [5.41, 5.74) is 3.18. The third-order valence-corrected chi connectivity index (χ3v) is 14.9. The Kier molecular flexibility index (Phi) is 12.5. The number of aryl methyl sites for hydroxylation is 1. The number of fused-ring (bicyclic) bond motifs is 2. The second kappa shape index (κ2) is 18.2. The van der Waals surface area contributed by atoms with E-state index in [0.717, 1.165) is 11.1 Å². The van der Waals surface area contributed by atoms with Crippen LogP contribution in [0.2, 0.25) is 18.6 Å². The molecule has 2 aliphatic rings. The van der Waals surface area contributed by atoms with Gasteiger partial charge in [-0.1, -0.05) is 54.6 Å². The Morgan fingerprint density at radius 2 is 1.45 bits per heavy atom. The van der Waals surface area contributed by atoms with E-state index >= 15 is 8.90 Å². The van der Waals surface area contributed by atoms with E-state index < -0.39 is 31.6 Å². The number of rotatable bonds is 15. The number of halogens is 1. The van der Waals surface area contributed by atoms with Crippen LogP contribution in [0.5, 0.6) is 11.5 Å². The van der Waals surface area contributed by atoms with Gasteiger partial charge in [-0.05, 0) is 110 Å². The molecule has 0 radical (unpaired) electrons. The lowest BCUT2D eigenvalue weighted by molar-refractivity contribution is -0.146. The molecule has 330 valence electrons. The Hall–Kier alpha value is -6.68. The molecule has 3 heterocycles. The Morgan fingerprint density at radius 3 is 2.03 bits per heavy atom. The van der Waals surface area contributed by atoms with Crippen LogP contribution in [0.1, 0.15) is 62.4 Å². The van der Waals surface area contributed by atoms with Crippen LogP contribution in [0.4, 0.5) is 21.2 Å². The van der Waals surface area contributed by atoms with E-state index in [2.05, 4.69) is 20.9 Å². The van der Waals surface area contributed by atoms with Crippen LogP contribution in [-0.2, 0) is 28.2 Å². The highest BCUT2D eigenvalue weighted by atomic mass is 28.4. The Morgan fingerprint density at radius 1 is 0.859 bits per heavy atom. The normalized spacial score (nSPS) is 19.6. The molecule has 0 aliphatic carbocycles. The van der Waals surface area contributed by atoms with Crippen molar-refractivity contribution in [3.8, 4) is 11.5 Å². The van der Waals surface area contributed by atoms with Gasteiger partial charge in [-0.15, -0.1) is 5.10 Å². The standard InChI is InChI=1S/C49H51FN6O7Si/c1-31-45(64(4,5)50)44(25-26-55-29-42(53-54-55)40(30-57)33-9-7-6-8-10-33)63-49(31)41-27-37(52-47(59)35-15-22-39(62-3)23-16-35)19-24-43(41)56(48(49)60)28-32-11-17-36(18-12-32)51-46(58)34-13-20-38(61-2)21-14-34/h6-24,27,29,31,40,44-45,57H,25-26,28,30H2,1-5H3,(H,51,58)(H,52,59)/t31-,40?,44+,45-,49+/m1/s1. The molecule has 15 heteroatoms. The number of aliphatic hydroxyl groups is 1. The SMILES string of the molecule is COc1ccc(C(=O)Nc2ccc(CN3C(=O)[C@@]4(O[C@@H](CCn5cc(C(CO)c6ccccc6)nn5)[C@H]([Si](C)(C)F)[C@H]4C)c4cc(NC(=O)c5ccc(OC)cc5)ccc43)cc2)cc1. The summed E-state index contributed by atoms with van der Waals surface area (Å²) in [6.07, 6.45) is 1.47. The van der Waals surface area contributed by atoms with Crippen molar-refractivity contribution < 1.29 is 37.8 Å². The minimum absolute atomic E-state index is 0.149. The van der Waals surface area contributed by atoms with Crippen molar-refractivity contribution in [2.24, 2.45) is 5.92 Å². The number of methoxy groups -OCH3 is 2. The lowest BCUT2D eigenvalue weighted by Gasteiger charge is -2.31. The fourth-order valence-corrected chi connectivity index (χ4v) is 11.8. The molecular weight excluding hydrogens is 832 g/mol. The van der Waals surface area contributed by atoms with Crippen LogP contribution in [0, 0.1) is 5.92 Å². The van der Waals surface area contributed by atoms with Crippen molar-refractivity contribution in [2.75, 3.05) is 36.4 Å². The number of benzene rings is 5. The molecule has 3 N–H and O–H groups in total. The zero-order valence-corrected chi connectivity index (χ0v) is 37.3. The predicted molar refractivity (Wildman–Crippen MR) is 244 cm³/mol. The maximum absolute atomic E-state index is 16.8. The number of aliphatic hydroxyl groups excluding tert-OH is 1. The van der Waals surface area contributed by atoms with Crippen molar-refractivity contribution in [2.45, 2.75) is 62.7 Å². The molecule has 1 fully saturated rings. The van der Waals surface area contributed by atoms with Crippen LogP contribution in [0.25, 0.3) is 0 Å². The van der Waals surface area contributed by atoms with Gasteiger partial charge < -0.3 is 39.0 Å². The van der Waals surface area contributed by atoms with Gasteiger partial charge in [0, 0.05) is 52.3 Å². The van der Waals surface area contributed by atoms with Gasteiger partial charge in [-0.25, -0.2) is 0 Å². The Bertz CT molecular complexity index is 2620. The number of anilines is 3. The summed E-state index contributed by atoms with van der Waals surface area (Å²) in [6, 6.07) is 35.7. The van der Waals surface area contributed by atoms with Crippen LogP contribution in [0.3, 0.4) is 0 Å². The van der Waals surface area contributed by atoms with E-state index in [9.17, 15) is 14.7 Å². The molecule has 1 unspecified atom stereocenters. The summed E-state index contributed by atoms with van der Waals surface area (Å²) in [4.78, 5) is 43.4. The molecule has 6 aromatic rings. The fourth-order valence-electron chi connectivity index (χ4n) is 9.22. The molecular formula is C49H51FN6O7Si. The molecule has 0 saturated carbocycles. The van der Waals surface area contributed by atoms with Crippen LogP contribution in [-0.4, -0.2) is 73.2 Å². The maximum Gasteiger partial charge on any atom is 0.264 e. The van der Waals surface area contributed by atoms with Crippen molar-refractivity contribution in [3.63, 3.8) is 0 Å². The summed E-state index contributed by atoms with van der Waals surface area (Å²) in [7, 11) is -0.411. The molecule has 5 aromatic carbocycles. The molecule has 1 aromatic heterocycles. The third kappa shape index (κ3) is 8.66. The average Bonchev–Trinajstić information content (AvgIpc) is 3.96. The molecule has 13 nitrogen and oxygen atoms in total. The van der Waals surface area contributed by atoms with Gasteiger partial charge in [0.15, 0.2) is 5.60 Å². The van der Waals surface area contributed by atoms with E-state index in [1.807, 2.05) is 49.4 Å². The molecule has 3 amide bonds. The summed E-state index contributed by atoms with van der Waals surface area (Å²) in [5.74, 6) is -0.653. The van der Waals surface area contributed by atoms with Gasteiger partial charge in [-0.3, -0.25) is 19.1 Å². The number of amides is 3. The largest absolute Gasteiger partial charge is 0.497 e. The lowest BCUT2D eigenvalue weighted by atomic mass is 9.82. The first-order valence-electron chi connectivity index (χ1n) is 21.2. The highest BCUT2D eigenvalue weighted by Crippen LogP contribution is 2.60. The minimum Gasteiger partial charge on any atom is -0.497 e. The molecule has 5 atom stereocenters. The number of nitrogens with one attached hydrogen (secondary N) is 2. The van der Waals surface area contributed by atoms with Crippen LogP contribution in [0.15, 0.2) is 128 Å². The van der Waals surface area contributed by atoms with Gasteiger partial charge in [0.2, 0.25) is 8.41 Å². The molecule has 8 rings (SSSR count). The first-order chi connectivity index (χ1) is 30.8. The zero-order valence-electron chi connectivity index (χ0n) is 36.3. The maximum atomic E-state index is 16.8. The summed E-state index contributed by atoms with van der Waals surface area (Å²) in [5, 5.41) is 24.9. The number of hydrogen-bond donors (Lipinski definition) is 3. The highest BCUT2D eigenvalue weighted by molar-refractivity contribution is 6.72. The predicted octanol–water partition coefficient (Wildman–Crippen LogP) is 8.34. The number of ether oxygens (including phenoxy) is 3. The summed E-state index contributed by atoms with van der Waals surface area (Å²) in [6.45, 7) is 5.55. The van der Waals surface area contributed by atoms with E-state index in [1.165, 1.54) is 0 Å². The number of hydrogen-bond acceptors (Lipinski definition) is 9. The third-order valence-electron chi connectivity index (χ3n) is 12.4. The quantitative estimate of drug-likeness (QED) is 0.0682. The second-order valence-corrected chi connectivity index (χ2v) is 20.6. The summed E-state index contributed by atoms with van der Waals surface area (Å²) >= 11 is 0. The van der Waals surface area contributed by atoms with Gasteiger partial charge in [-0.2, -0.15) is 0 Å². The van der Waals surface area contributed by atoms with E-state index in [4.69, 9.17) is 14.2 Å². The van der Waals surface area contributed by atoms with Gasteiger partial charge in [0.1, 0.15) is 11.5 Å². The van der Waals surface area contributed by atoms with Crippen molar-refractivity contribution in [1.82, 2.24) is 15.0 Å². The highest BCUT2D eigenvalue weighted by Gasteiger charge is 2.66. The number of aromatic nitrogens is 3. The molecule has 64 heavy (non-hydrogen) atoms.